The van der Waals surface area contributed by atoms with Crippen LogP contribution in [0, 0.1) is 0 Å². The van der Waals surface area contributed by atoms with Crippen molar-refractivity contribution in [1.29, 1.82) is 0 Å². The lowest BCUT2D eigenvalue weighted by atomic mass is 10.3. The lowest BCUT2D eigenvalue weighted by Gasteiger charge is -2.10. The largest absolute Gasteiger partial charge is 0.367 e. The number of likely N-dealkylation sites (N-methyl/N-ethyl adjacent to an activating group) is 1. The van der Waals surface area contributed by atoms with E-state index in [2.05, 4.69) is 30.7 Å². The van der Waals surface area contributed by atoms with E-state index >= 15 is 0 Å². The van der Waals surface area contributed by atoms with Crippen LogP contribution in [0.2, 0.25) is 0 Å². The Balaban J connectivity index is 1.89. The van der Waals surface area contributed by atoms with Gasteiger partial charge in [0.2, 0.25) is 0 Å². The van der Waals surface area contributed by atoms with E-state index in [-0.39, 0.29) is 5.91 Å². The molecule has 110 valence electrons. The molecule has 7 nitrogen and oxygen atoms in total. The molecule has 2 aromatic heterocycles. The number of rotatable bonds is 6. The lowest BCUT2D eigenvalue weighted by Crippen LogP contribution is -2.21. The average Bonchev–Trinajstić information content (AvgIpc) is 2.49. The highest BCUT2D eigenvalue weighted by atomic mass is 16.1. The first kappa shape index (κ1) is 14.9. The van der Waals surface area contributed by atoms with Crippen molar-refractivity contribution < 1.29 is 4.79 Å². The van der Waals surface area contributed by atoms with E-state index in [4.69, 9.17) is 0 Å². The van der Waals surface area contributed by atoms with Crippen LogP contribution in [0.1, 0.15) is 10.4 Å². The van der Waals surface area contributed by atoms with Gasteiger partial charge in [-0.15, -0.1) is 10.2 Å². The summed E-state index contributed by atoms with van der Waals surface area (Å²) in [5.41, 5.74) is 0.479. The maximum atomic E-state index is 11.9. The Kier molecular flexibility index (Phi) is 5.16. The van der Waals surface area contributed by atoms with Crippen molar-refractivity contribution in [3.8, 4) is 0 Å². The van der Waals surface area contributed by atoms with Crippen LogP contribution in [0.3, 0.4) is 0 Å². The summed E-state index contributed by atoms with van der Waals surface area (Å²) in [7, 11) is 4.01. The second-order valence-electron chi connectivity index (χ2n) is 4.73. The van der Waals surface area contributed by atoms with Gasteiger partial charge in [-0.3, -0.25) is 9.78 Å². The third-order valence-corrected chi connectivity index (χ3v) is 2.70. The minimum absolute atomic E-state index is 0.259. The number of pyridine rings is 1. The Morgan fingerprint density at radius 3 is 2.57 bits per heavy atom. The summed E-state index contributed by atoms with van der Waals surface area (Å²) in [4.78, 5) is 17.9. The molecule has 2 heterocycles. The van der Waals surface area contributed by atoms with E-state index in [9.17, 15) is 4.79 Å². The van der Waals surface area contributed by atoms with Crippen molar-refractivity contribution >= 4 is 17.5 Å². The highest BCUT2D eigenvalue weighted by molar-refractivity contribution is 6.03. The minimum atomic E-state index is -0.259. The van der Waals surface area contributed by atoms with E-state index in [1.165, 1.54) is 6.20 Å². The summed E-state index contributed by atoms with van der Waals surface area (Å²) >= 11 is 0. The van der Waals surface area contributed by atoms with Gasteiger partial charge in [0.05, 0.1) is 5.56 Å². The lowest BCUT2D eigenvalue weighted by molar-refractivity contribution is 0.102. The van der Waals surface area contributed by atoms with E-state index in [1.54, 1.807) is 30.5 Å². The van der Waals surface area contributed by atoms with Crippen LogP contribution in [-0.2, 0) is 0 Å². The second-order valence-corrected chi connectivity index (χ2v) is 4.73. The molecule has 0 aliphatic rings. The number of hydrogen-bond acceptors (Lipinski definition) is 6. The van der Waals surface area contributed by atoms with Crippen molar-refractivity contribution in [2.75, 3.05) is 37.8 Å². The van der Waals surface area contributed by atoms with Crippen LogP contribution in [0.15, 0.2) is 36.7 Å². The summed E-state index contributed by atoms with van der Waals surface area (Å²) in [5.74, 6) is 0.823. The summed E-state index contributed by atoms with van der Waals surface area (Å²) in [5, 5.41) is 13.8. The van der Waals surface area contributed by atoms with Gasteiger partial charge in [0.25, 0.3) is 5.91 Å². The zero-order valence-corrected chi connectivity index (χ0v) is 12.1. The van der Waals surface area contributed by atoms with Gasteiger partial charge in [-0.1, -0.05) is 0 Å². The van der Waals surface area contributed by atoms with Gasteiger partial charge in [-0.05, 0) is 38.4 Å². The fraction of sp³-hybridized carbons (Fsp3) is 0.286. The third kappa shape index (κ3) is 4.81. The van der Waals surface area contributed by atoms with Gasteiger partial charge in [-0.2, -0.15) is 0 Å². The molecule has 0 saturated heterocycles. The van der Waals surface area contributed by atoms with E-state index in [1.807, 2.05) is 14.1 Å². The predicted molar refractivity (Wildman–Crippen MR) is 81.3 cm³/mol. The first-order valence-corrected chi connectivity index (χ1v) is 6.59. The molecule has 0 fully saturated rings. The number of hydrogen-bond donors (Lipinski definition) is 2. The van der Waals surface area contributed by atoms with Crippen molar-refractivity contribution in [2.24, 2.45) is 0 Å². The van der Waals surface area contributed by atoms with Crippen LogP contribution >= 0.6 is 0 Å². The van der Waals surface area contributed by atoms with Crippen molar-refractivity contribution in [2.45, 2.75) is 0 Å². The van der Waals surface area contributed by atoms with Crippen LogP contribution in [0.25, 0.3) is 0 Å². The Morgan fingerprint density at radius 2 is 1.95 bits per heavy atom. The van der Waals surface area contributed by atoms with Crippen molar-refractivity contribution in [3.05, 3.63) is 42.2 Å². The molecule has 2 aromatic rings. The summed E-state index contributed by atoms with van der Waals surface area (Å²) in [6.07, 6.45) is 3.12. The smallest absolute Gasteiger partial charge is 0.258 e. The molecule has 2 rings (SSSR count). The molecule has 1 amide bonds. The zero-order valence-electron chi connectivity index (χ0n) is 12.1. The molecule has 0 radical (unpaired) electrons. The number of nitrogens with zero attached hydrogens (tertiary/aromatic N) is 4. The fourth-order valence-electron chi connectivity index (χ4n) is 1.59. The normalized spacial score (nSPS) is 10.4. The van der Waals surface area contributed by atoms with Crippen LogP contribution < -0.4 is 10.6 Å². The third-order valence-electron chi connectivity index (χ3n) is 2.70. The molecular formula is C14H18N6O. The molecule has 2 N–H and O–H groups in total. The molecule has 7 heteroatoms. The fourth-order valence-corrected chi connectivity index (χ4v) is 1.59. The average molecular weight is 286 g/mol. The molecule has 0 unspecified atom stereocenters. The van der Waals surface area contributed by atoms with Crippen molar-refractivity contribution in [3.63, 3.8) is 0 Å². The van der Waals surface area contributed by atoms with Crippen LogP contribution in [-0.4, -0.2) is 53.2 Å². The van der Waals surface area contributed by atoms with Gasteiger partial charge in [-0.25, -0.2) is 0 Å². The first-order chi connectivity index (χ1) is 10.1. The van der Waals surface area contributed by atoms with Crippen LogP contribution in [0.5, 0.6) is 0 Å². The second kappa shape index (κ2) is 7.30. The highest BCUT2D eigenvalue weighted by Crippen LogP contribution is 2.07. The van der Waals surface area contributed by atoms with Gasteiger partial charge < -0.3 is 15.5 Å². The van der Waals surface area contributed by atoms with Crippen molar-refractivity contribution in [1.82, 2.24) is 20.1 Å². The molecule has 0 aliphatic heterocycles. The molecule has 0 bridgehead atoms. The number of anilines is 2. The zero-order chi connectivity index (χ0) is 15.1. The molecule has 0 aliphatic carbocycles. The molecule has 0 atom stereocenters. The summed E-state index contributed by atoms with van der Waals surface area (Å²) in [6.45, 7) is 1.68. The van der Waals surface area contributed by atoms with E-state index in [0.717, 1.165) is 13.1 Å². The Hall–Kier alpha value is -2.54. The topological polar surface area (TPSA) is 83.0 Å². The molecule has 0 aromatic carbocycles. The monoisotopic (exact) mass is 286 g/mol. The number of aromatic nitrogens is 3. The number of amides is 1. The maximum Gasteiger partial charge on any atom is 0.258 e. The van der Waals surface area contributed by atoms with E-state index < -0.39 is 0 Å². The maximum absolute atomic E-state index is 11.9. The number of nitrogens with one attached hydrogen (secondary N) is 2. The predicted octanol–water partition coefficient (Wildman–Crippen LogP) is 1.10. The SMILES string of the molecule is CN(C)CCNc1ccc(NC(=O)c2cccnc2)nn1. The molecular weight excluding hydrogens is 268 g/mol. The standard InChI is InChI=1S/C14H18N6O/c1-20(2)9-8-16-12-5-6-13(19-18-12)17-14(21)11-4-3-7-15-10-11/h3-7,10H,8-9H2,1-2H3,(H,16,18)(H,17,19,21). The molecule has 21 heavy (non-hydrogen) atoms. The van der Waals surface area contributed by atoms with Gasteiger partial charge in [0.1, 0.15) is 5.82 Å². The van der Waals surface area contributed by atoms with E-state index in [0.29, 0.717) is 17.2 Å². The Bertz CT molecular complexity index is 570. The molecule has 0 spiro atoms. The quantitative estimate of drug-likeness (QED) is 0.827. The molecule has 0 saturated carbocycles. The minimum Gasteiger partial charge on any atom is -0.367 e. The van der Waals surface area contributed by atoms with Gasteiger partial charge in [0, 0.05) is 25.5 Å². The van der Waals surface area contributed by atoms with Gasteiger partial charge >= 0.3 is 0 Å². The first-order valence-electron chi connectivity index (χ1n) is 6.59. The number of carbonyl (C=O) groups excluding carboxylic acids is 1. The van der Waals surface area contributed by atoms with Crippen LogP contribution in [0.4, 0.5) is 11.6 Å². The summed E-state index contributed by atoms with van der Waals surface area (Å²) < 4.78 is 0. The highest BCUT2D eigenvalue weighted by Gasteiger charge is 2.06. The number of carbonyl (C=O) groups is 1. The van der Waals surface area contributed by atoms with Gasteiger partial charge in [0.15, 0.2) is 5.82 Å². The Morgan fingerprint density at radius 1 is 1.19 bits per heavy atom. The summed E-state index contributed by atoms with van der Waals surface area (Å²) in [6, 6.07) is 6.88. The Labute approximate surface area is 123 Å².